The summed E-state index contributed by atoms with van der Waals surface area (Å²) < 4.78 is 1.83. The van der Waals surface area contributed by atoms with Gasteiger partial charge in [-0.3, -0.25) is 9.78 Å². The quantitative estimate of drug-likeness (QED) is 0.384. The lowest BCUT2D eigenvalue weighted by Crippen LogP contribution is -2.44. The van der Waals surface area contributed by atoms with Crippen molar-refractivity contribution in [3.63, 3.8) is 0 Å². The van der Waals surface area contributed by atoms with E-state index in [2.05, 4.69) is 44.4 Å². The van der Waals surface area contributed by atoms with Crippen molar-refractivity contribution >= 4 is 17.3 Å². The summed E-state index contributed by atoms with van der Waals surface area (Å²) in [7, 11) is 2.15. The molecular formula is C31H33N7O. The summed E-state index contributed by atoms with van der Waals surface area (Å²) in [6.07, 6.45) is 7.63. The molecule has 0 atom stereocenters. The third kappa shape index (κ3) is 5.69. The van der Waals surface area contributed by atoms with Crippen molar-refractivity contribution in [2.45, 2.75) is 26.2 Å². The highest BCUT2D eigenvalue weighted by Gasteiger charge is 2.21. The van der Waals surface area contributed by atoms with Crippen molar-refractivity contribution in [3.8, 4) is 22.9 Å². The molecule has 5 rings (SSSR count). The van der Waals surface area contributed by atoms with Gasteiger partial charge in [0.15, 0.2) is 0 Å². The van der Waals surface area contributed by atoms with E-state index in [1.165, 1.54) is 0 Å². The number of pyridine rings is 1. The molecule has 198 valence electrons. The molecule has 0 unspecified atom stereocenters. The van der Waals surface area contributed by atoms with Crippen molar-refractivity contribution in [2.75, 3.05) is 43.4 Å². The van der Waals surface area contributed by atoms with Crippen LogP contribution < -0.4 is 10.2 Å². The Kier molecular flexibility index (Phi) is 7.18. The van der Waals surface area contributed by atoms with Gasteiger partial charge < -0.3 is 15.1 Å². The normalized spacial score (nSPS) is 14.2. The Morgan fingerprint density at radius 1 is 1.00 bits per heavy atom. The zero-order chi connectivity index (χ0) is 27.6. The number of aromatic nitrogens is 3. The molecule has 2 aromatic carbocycles. The number of amides is 1. The van der Waals surface area contributed by atoms with Crippen molar-refractivity contribution in [2.24, 2.45) is 0 Å². The van der Waals surface area contributed by atoms with E-state index < -0.39 is 5.41 Å². The summed E-state index contributed by atoms with van der Waals surface area (Å²) in [5, 5.41) is 17.1. The van der Waals surface area contributed by atoms with Gasteiger partial charge in [0, 0.05) is 61.0 Å². The molecule has 1 aliphatic rings. The molecule has 1 fully saturated rings. The summed E-state index contributed by atoms with van der Waals surface area (Å²) in [6, 6.07) is 17.4. The van der Waals surface area contributed by atoms with Crippen molar-refractivity contribution in [1.82, 2.24) is 19.7 Å². The Morgan fingerprint density at radius 3 is 2.56 bits per heavy atom. The fourth-order valence-corrected chi connectivity index (χ4v) is 4.68. The lowest BCUT2D eigenvalue weighted by Gasteiger charge is -2.33. The molecule has 1 aliphatic heterocycles. The molecule has 0 aliphatic carbocycles. The highest BCUT2D eigenvalue weighted by Crippen LogP contribution is 2.27. The number of piperazine rings is 1. The molecule has 0 bridgehead atoms. The van der Waals surface area contributed by atoms with E-state index in [1.807, 2.05) is 80.6 Å². The summed E-state index contributed by atoms with van der Waals surface area (Å²) in [6.45, 7) is 9.75. The Labute approximate surface area is 229 Å². The van der Waals surface area contributed by atoms with Crippen LogP contribution in [0.15, 0.2) is 73.3 Å². The second kappa shape index (κ2) is 10.7. The van der Waals surface area contributed by atoms with Gasteiger partial charge in [0.1, 0.15) is 0 Å². The number of rotatable bonds is 6. The van der Waals surface area contributed by atoms with Gasteiger partial charge in [-0.1, -0.05) is 18.2 Å². The van der Waals surface area contributed by atoms with Crippen LogP contribution in [-0.2, 0) is 5.41 Å². The van der Waals surface area contributed by atoms with Crippen molar-refractivity contribution < 1.29 is 4.79 Å². The molecule has 2 aromatic heterocycles. The van der Waals surface area contributed by atoms with E-state index in [0.717, 1.165) is 59.8 Å². The zero-order valence-corrected chi connectivity index (χ0v) is 22.8. The van der Waals surface area contributed by atoms with E-state index in [-0.39, 0.29) is 5.91 Å². The first-order valence-electron chi connectivity index (χ1n) is 13.1. The van der Waals surface area contributed by atoms with Crippen LogP contribution in [0.3, 0.4) is 0 Å². The standard InChI is InChI=1S/C31H33N7O/c1-22-8-9-27(35-30(39)23-6-5-7-26(14-23)31(2,3)21-32)16-29(22)38-20-25(18-34-38)24-15-28(19-33-17-24)37-12-10-36(4)11-13-37/h5-9,14-20H,10-13H2,1-4H3,(H,35,39). The first-order valence-corrected chi connectivity index (χ1v) is 13.1. The molecule has 8 nitrogen and oxygen atoms in total. The topological polar surface area (TPSA) is 90.1 Å². The number of nitrogens with zero attached hydrogens (tertiary/aromatic N) is 6. The number of carbonyl (C=O) groups excluding carboxylic acids is 1. The van der Waals surface area contributed by atoms with E-state index >= 15 is 0 Å². The molecule has 39 heavy (non-hydrogen) atoms. The third-order valence-electron chi connectivity index (χ3n) is 7.35. The number of hydrogen-bond donors (Lipinski definition) is 1. The second-order valence-corrected chi connectivity index (χ2v) is 10.7. The van der Waals surface area contributed by atoms with Crippen LogP contribution in [0.1, 0.15) is 35.3 Å². The highest BCUT2D eigenvalue weighted by atomic mass is 16.1. The monoisotopic (exact) mass is 519 g/mol. The van der Waals surface area contributed by atoms with Crippen LogP contribution in [0.4, 0.5) is 11.4 Å². The van der Waals surface area contributed by atoms with E-state index in [9.17, 15) is 10.1 Å². The van der Waals surface area contributed by atoms with Crippen molar-refractivity contribution in [1.29, 1.82) is 5.26 Å². The SMILES string of the molecule is Cc1ccc(NC(=O)c2cccc(C(C)(C)C#N)c2)cc1-n1cc(-c2cncc(N3CCN(C)CC3)c2)cn1. The van der Waals surface area contributed by atoms with Crippen LogP contribution in [-0.4, -0.2) is 58.8 Å². The maximum atomic E-state index is 13.1. The summed E-state index contributed by atoms with van der Waals surface area (Å²) in [4.78, 5) is 22.3. The maximum absolute atomic E-state index is 13.1. The summed E-state index contributed by atoms with van der Waals surface area (Å²) in [5.74, 6) is -0.228. The molecule has 0 spiro atoms. The number of benzene rings is 2. The van der Waals surface area contributed by atoms with Gasteiger partial charge in [-0.2, -0.15) is 10.4 Å². The maximum Gasteiger partial charge on any atom is 0.255 e. The second-order valence-electron chi connectivity index (χ2n) is 10.7. The van der Waals surface area contributed by atoms with Gasteiger partial charge in [0.2, 0.25) is 0 Å². The Balaban J connectivity index is 1.36. The van der Waals surface area contributed by atoms with Crippen LogP contribution >= 0.6 is 0 Å². The molecule has 1 N–H and O–H groups in total. The number of likely N-dealkylation sites (N-methyl/N-ethyl adjacent to an activating group) is 1. The number of carbonyl (C=O) groups is 1. The smallest absolute Gasteiger partial charge is 0.255 e. The molecular weight excluding hydrogens is 486 g/mol. The first kappa shape index (κ1) is 26.1. The fraction of sp³-hybridized carbons (Fsp3) is 0.290. The average molecular weight is 520 g/mol. The zero-order valence-electron chi connectivity index (χ0n) is 22.8. The molecule has 0 radical (unpaired) electrons. The molecule has 3 heterocycles. The molecule has 0 saturated carbocycles. The van der Waals surface area contributed by atoms with Crippen LogP contribution in [0.5, 0.6) is 0 Å². The van der Waals surface area contributed by atoms with Gasteiger partial charge in [0.05, 0.1) is 35.3 Å². The predicted octanol–water partition coefficient (Wildman–Crippen LogP) is 5.05. The van der Waals surface area contributed by atoms with Gasteiger partial charge in [-0.05, 0) is 69.3 Å². The molecule has 1 saturated heterocycles. The third-order valence-corrected chi connectivity index (χ3v) is 7.35. The first-order chi connectivity index (χ1) is 18.7. The van der Waals surface area contributed by atoms with E-state index in [0.29, 0.717) is 11.3 Å². The highest BCUT2D eigenvalue weighted by molar-refractivity contribution is 6.04. The lowest BCUT2D eigenvalue weighted by molar-refractivity contribution is 0.102. The van der Waals surface area contributed by atoms with Crippen LogP contribution in [0.2, 0.25) is 0 Å². The molecule has 8 heteroatoms. The van der Waals surface area contributed by atoms with E-state index in [1.54, 1.807) is 12.1 Å². The largest absolute Gasteiger partial charge is 0.368 e. The minimum absolute atomic E-state index is 0.228. The number of aryl methyl sites for hydroxylation is 1. The van der Waals surface area contributed by atoms with Gasteiger partial charge in [0.25, 0.3) is 5.91 Å². The number of nitriles is 1. The Morgan fingerprint density at radius 2 is 1.79 bits per heavy atom. The number of hydrogen-bond acceptors (Lipinski definition) is 6. The average Bonchev–Trinajstić information content (AvgIpc) is 3.45. The Bertz CT molecular complexity index is 1540. The predicted molar refractivity (Wildman–Crippen MR) is 154 cm³/mol. The van der Waals surface area contributed by atoms with E-state index in [4.69, 9.17) is 0 Å². The van der Waals surface area contributed by atoms with Gasteiger partial charge in [-0.25, -0.2) is 4.68 Å². The number of nitrogens with one attached hydrogen (secondary N) is 1. The minimum atomic E-state index is -0.676. The van der Waals surface area contributed by atoms with Gasteiger partial charge >= 0.3 is 0 Å². The Hall–Kier alpha value is -4.48. The van der Waals surface area contributed by atoms with Gasteiger partial charge in [-0.15, -0.1) is 0 Å². The number of anilines is 2. The molecule has 4 aromatic rings. The summed E-state index contributed by atoms with van der Waals surface area (Å²) in [5.41, 5.74) is 6.32. The van der Waals surface area contributed by atoms with Crippen LogP contribution in [0, 0.1) is 18.3 Å². The summed E-state index contributed by atoms with van der Waals surface area (Å²) >= 11 is 0. The van der Waals surface area contributed by atoms with Crippen molar-refractivity contribution in [3.05, 3.63) is 90.0 Å². The fourth-order valence-electron chi connectivity index (χ4n) is 4.68. The van der Waals surface area contributed by atoms with Crippen LogP contribution in [0.25, 0.3) is 16.8 Å². The lowest BCUT2D eigenvalue weighted by atomic mass is 9.85. The minimum Gasteiger partial charge on any atom is -0.368 e. The molecule has 1 amide bonds.